The lowest BCUT2D eigenvalue weighted by Gasteiger charge is -2.02. The molecule has 78 valence electrons. The first-order valence-corrected chi connectivity index (χ1v) is 5.23. The first-order chi connectivity index (χ1) is 6.90. The molecular formula is C11H17NO2. The van der Waals surface area contributed by atoms with Crippen LogP contribution in [-0.2, 0) is 17.9 Å². The highest BCUT2D eigenvalue weighted by Crippen LogP contribution is 2.32. The molecule has 3 nitrogen and oxygen atoms in total. The van der Waals surface area contributed by atoms with Crippen molar-refractivity contribution in [2.45, 2.75) is 32.4 Å². The molecule has 0 aliphatic heterocycles. The van der Waals surface area contributed by atoms with Crippen molar-refractivity contribution >= 4 is 0 Å². The summed E-state index contributed by atoms with van der Waals surface area (Å²) in [6.07, 6.45) is 5.66. The van der Waals surface area contributed by atoms with E-state index in [0.29, 0.717) is 13.2 Å². The second-order valence-electron chi connectivity index (χ2n) is 3.86. The molecule has 0 amide bonds. The molecule has 0 unspecified atom stereocenters. The van der Waals surface area contributed by atoms with Crippen LogP contribution in [0.25, 0.3) is 0 Å². The fourth-order valence-corrected chi connectivity index (χ4v) is 1.51. The van der Waals surface area contributed by atoms with Crippen LogP contribution in [0.15, 0.2) is 16.7 Å². The fourth-order valence-electron chi connectivity index (χ4n) is 1.51. The van der Waals surface area contributed by atoms with Crippen molar-refractivity contribution in [2.24, 2.45) is 11.7 Å². The van der Waals surface area contributed by atoms with Crippen molar-refractivity contribution in [2.75, 3.05) is 6.61 Å². The first-order valence-electron chi connectivity index (χ1n) is 5.23. The molecular weight excluding hydrogens is 178 g/mol. The number of hydrogen-bond acceptors (Lipinski definition) is 3. The van der Waals surface area contributed by atoms with E-state index in [1.165, 1.54) is 19.3 Å². The maximum atomic E-state index is 5.56. The van der Waals surface area contributed by atoms with Gasteiger partial charge in [-0.1, -0.05) is 12.8 Å². The van der Waals surface area contributed by atoms with Gasteiger partial charge in [-0.25, -0.2) is 0 Å². The molecule has 1 aromatic rings. The van der Waals surface area contributed by atoms with Gasteiger partial charge in [-0.2, -0.15) is 0 Å². The summed E-state index contributed by atoms with van der Waals surface area (Å²) < 4.78 is 10.8. The van der Waals surface area contributed by atoms with E-state index >= 15 is 0 Å². The van der Waals surface area contributed by atoms with E-state index in [9.17, 15) is 0 Å². The Kier molecular flexibility index (Phi) is 3.22. The third kappa shape index (κ3) is 2.59. The van der Waals surface area contributed by atoms with Gasteiger partial charge >= 0.3 is 0 Å². The summed E-state index contributed by atoms with van der Waals surface area (Å²) in [5, 5.41) is 0. The zero-order valence-electron chi connectivity index (χ0n) is 8.37. The summed E-state index contributed by atoms with van der Waals surface area (Å²) >= 11 is 0. The average molecular weight is 195 g/mol. The van der Waals surface area contributed by atoms with Crippen molar-refractivity contribution in [1.82, 2.24) is 0 Å². The molecule has 0 spiro atoms. The molecule has 2 N–H and O–H groups in total. The summed E-state index contributed by atoms with van der Waals surface area (Å²) in [5.41, 5.74) is 6.59. The first kappa shape index (κ1) is 9.74. The minimum atomic E-state index is 0.453. The molecule has 0 aromatic carbocycles. The van der Waals surface area contributed by atoms with Gasteiger partial charge in [0.1, 0.15) is 5.76 Å². The van der Waals surface area contributed by atoms with Gasteiger partial charge in [-0.15, -0.1) is 0 Å². The minimum absolute atomic E-state index is 0.453. The lowest BCUT2D eigenvalue weighted by atomic mass is 10.2. The number of ether oxygens (including phenoxy) is 1. The molecule has 0 bridgehead atoms. The quantitative estimate of drug-likeness (QED) is 0.707. The number of hydrogen-bond donors (Lipinski definition) is 1. The van der Waals surface area contributed by atoms with E-state index in [0.717, 1.165) is 23.8 Å². The Morgan fingerprint density at radius 3 is 3.07 bits per heavy atom. The Labute approximate surface area is 84.2 Å². The summed E-state index contributed by atoms with van der Waals surface area (Å²) in [7, 11) is 0. The predicted octanol–water partition coefficient (Wildman–Crippen LogP) is 2.06. The maximum Gasteiger partial charge on any atom is 0.122 e. The zero-order chi connectivity index (χ0) is 9.80. The largest absolute Gasteiger partial charge is 0.468 e. The molecule has 2 rings (SSSR count). The Hall–Kier alpha value is -0.800. The van der Waals surface area contributed by atoms with Crippen LogP contribution in [0.2, 0.25) is 0 Å². The normalized spacial score (nSPS) is 16.1. The molecule has 1 aliphatic rings. The van der Waals surface area contributed by atoms with Crippen molar-refractivity contribution < 1.29 is 9.15 Å². The van der Waals surface area contributed by atoms with Crippen molar-refractivity contribution in [3.8, 4) is 0 Å². The van der Waals surface area contributed by atoms with Crippen LogP contribution in [-0.4, -0.2) is 6.61 Å². The smallest absolute Gasteiger partial charge is 0.122 e. The van der Waals surface area contributed by atoms with Crippen molar-refractivity contribution in [3.63, 3.8) is 0 Å². The molecule has 0 saturated heterocycles. The van der Waals surface area contributed by atoms with Gasteiger partial charge in [0.05, 0.1) is 19.4 Å². The molecule has 14 heavy (non-hydrogen) atoms. The highest BCUT2D eigenvalue weighted by Gasteiger charge is 2.20. The molecule has 1 heterocycles. The van der Waals surface area contributed by atoms with E-state index < -0.39 is 0 Å². The Morgan fingerprint density at radius 2 is 2.36 bits per heavy atom. The second-order valence-corrected chi connectivity index (χ2v) is 3.86. The van der Waals surface area contributed by atoms with Gasteiger partial charge in [-0.3, -0.25) is 0 Å². The van der Waals surface area contributed by atoms with Crippen LogP contribution in [0.3, 0.4) is 0 Å². The van der Waals surface area contributed by atoms with E-state index in [2.05, 4.69) is 0 Å². The van der Waals surface area contributed by atoms with E-state index in [4.69, 9.17) is 14.9 Å². The average Bonchev–Trinajstić information content (AvgIpc) is 2.91. The molecule has 1 aromatic heterocycles. The predicted molar refractivity (Wildman–Crippen MR) is 53.6 cm³/mol. The molecule has 1 fully saturated rings. The molecule has 0 radical (unpaired) electrons. The number of furan rings is 1. The molecule has 3 heteroatoms. The minimum Gasteiger partial charge on any atom is -0.468 e. The molecule has 1 aliphatic carbocycles. The van der Waals surface area contributed by atoms with Gasteiger partial charge in [0.15, 0.2) is 0 Å². The number of rotatable bonds is 6. The van der Waals surface area contributed by atoms with Crippen LogP contribution < -0.4 is 5.73 Å². The van der Waals surface area contributed by atoms with Gasteiger partial charge < -0.3 is 14.9 Å². The van der Waals surface area contributed by atoms with E-state index in [1.807, 2.05) is 6.07 Å². The van der Waals surface area contributed by atoms with Crippen molar-refractivity contribution in [3.05, 3.63) is 23.7 Å². The lowest BCUT2D eigenvalue weighted by Crippen LogP contribution is -2.01. The van der Waals surface area contributed by atoms with Crippen LogP contribution in [0, 0.1) is 5.92 Å². The summed E-state index contributed by atoms with van der Waals surface area (Å²) in [5.74, 6) is 1.78. The maximum absolute atomic E-state index is 5.56. The van der Waals surface area contributed by atoms with Gasteiger partial charge in [0, 0.05) is 12.2 Å². The highest BCUT2D eigenvalue weighted by molar-refractivity contribution is 5.15. The van der Waals surface area contributed by atoms with Crippen LogP contribution in [0.4, 0.5) is 0 Å². The third-order valence-corrected chi connectivity index (χ3v) is 2.65. The highest BCUT2D eigenvalue weighted by atomic mass is 16.5. The monoisotopic (exact) mass is 195 g/mol. The molecule has 0 atom stereocenters. The fraction of sp³-hybridized carbons (Fsp3) is 0.636. The topological polar surface area (TPSA) is 48.4 Å². The standard InChI is InChI=1S/C11H17NO2/c12-7-11-10(4-6-14-11)8-13-5-3-9-1-2-9/h4,6,9H,1-3,5,7-8,12H2. The van der Waals surface area contributed by atoms with E-state index in [-0.39, 0.29) is 0 Å². The van der Waals surface area contributed by atoms with Gasteiger partial charge in [-0.05, 0) is 18.4 Å². The summed E-state index contributed by atoms with van der Waals surface area (Å²) in [4.78, 5) is 0. The van der Waals surface area contributed by atoms with Crippen LogP contribution >= 0.6 is 0 Å². The number of nitrogens with two attached hydrogens (primary N) is 1. The Morgan fingerprint density at radius 1 is 1.50 bits per heavy atom. The molecule has 1 saturated carbocycles. The Balaban J connectivity index is 1.68. The van der Waals surface area contributed by atoms with Crippen LogP contribution in [0.5, 0.6) is 0 Å². The van der Waals surface area contributed by atoms with Gasteiger partial charge in [0.2, 0.25) is 0 Å². The van der Waals surface area contributed by atoms with Crippen LogP contribution in [0.1, 0.15) is 30.6 Å². The summed E-state index contributed by atoms with van der Waals surface area (Å²) in [6, 6.07) is 1.93. The van der Waals surface area contributed by atoms with Crippen molar-refractivity contribution in [1.29, 1.82) is 0 Å². The second kappa shape index (κ2) is 4.62. The summed E-state index contributed by atoms with van der Waals surface area (Å²) in [6.45, 7) is 1.95. The Bertz CT molecular complexity index is 279. The SMILES string of the molecule is NCc1occc1COCCC1CC1. The third-order valence-electron chi connectivity index (χ3n) is 2.65. The van der Waals surface area contributed by atoms with E-state index in [1.54, 1.807) is 6.26 Å². The van der Waals surface area contributed by atoms with Gasteiger partial charge in [0.25, 0.3) is 0 Å². The zero-order valence-corrected chi connectivity index (χ0v) is 8.37. The lowest BCUT2D eigenvalue weighted by molar-refractivity contribution is 0.114.